The zero-order chi connectivity index (χ0) is 13.4. The van der Waals surface area contributed by atoms with Crippen LogP contribution in [-0.2, 0) is 0 Å². The Morgan fingerprint density at radius 2 is 2.00 bits per heavy atom. The molecule has 0 aliphatic heterocycles. The summed E-state index contributed by atoms with van der Waals surface area (Å²) in [7, 11) is 0. The summed E-state index contributed by atoms with van der Waals surface area (Å²) in [5.74, 6) is 0.515. The van der Waals surface area contributed by atoms with Crippen molar-refractivity contribution in [2.45, 2.75) is 31.6 Å². The quantitative estimate of drug-likeness (QED) is 0.602. The molecule has 19 heavy (non-hydrogen) atoms. The van der Waals surface area contributed by atoms with E-state index in [-0.39, 0.29) is 11.6 Å². The second-order valence-electron chi connectivity index (χ2n) is 4.92. The Morgan fingerprint density at radius 1 is 1.26 bits per heavy atom. The van der Waals surface area contributed by atoms with Crippen molar-refractivity contribution in [3.63, 3.8) is 0 Å². The largest absolute Gasteiger partial charge is 0.506 e. The first-order chi connectivity index (χ1) is 9.20. The van der Waals surface area contributed by atoms with Crippen molar-refractivity contribution in [1.82, 2.24) is 9.97 Å². The van der Waals surface area contributed by atoms with E-state index in [1.54, 1.807) is 6.07 Å². The van der Waals surface area contributed by atoms with Crippen molar-refractivity contribution in [1.29, 1.82) is 5.26 Å². The molecule has 3 N–H and O–H groups in total. The van der Waals surface area contributed by atoms with E-state index in [2.05, 4.69) is 9.97 Å². The van der Waals surface area contributed by atoms with Crippen LogP contribution in [0.15, 0.2) is 12.1 Å². The molecule has 1 aliphatic carbocycles. The minimum Gasteiger partial charge on any atom is -0.506 e. The van der Waals surface area contributed by atoms with Gasteiger partial charge in [0.2, 0.25) is 5.82 Å². The number of nitrogens with two attached hydrogens (primary N) is 1. The van der Waals surface area contributed by atoms with Crippen LogP contribution in [0.25, 0.3) is 10.9 Å². The maximum atomic E-state index is 9.77. The molecular formula is C14H14N4O. The van der Waals surface area contributed by atoms with Gasteiger partial charge >= 0.3 is 0 Å². The first-order valence-electron chi connectivity index (χ1n) is 6.40. The van der Waals surface area contributed by atoms with Crippen molar-refractivity contribution in [2.75, 3.05) is 5.73 Å². The van der Waals surface area contributed by atoms with E-state index in [0.717, 1.165) is 31.4 Å². The third-order valence-corrected chi connectivity index (χ3v) is 3.75. The molecule has 1 saturated carbocycles. The molecular weight excluding hydrogens is 240 g/mol. The van der Waals surface area contributed by atoms with Gasteiger partial charge in [-0.2, -0.15) is 5.26 Å². The molecule has 96 valence electrons. The van der Waals surface area contributed by atoms with Gasteiger partial charge in [-0.05, 0) is 25.0 Å². The van der Waals surface area contributed by atoms with E-state index in [4.69, 9.17) is 11.0 Å². The standard InChI is InChI=1S/C14H14N4O/c15-7-11-17-9-5-6-10(19)13(16)12(9)14(18-11)8-3-1-2-4-8/h5-6,8,19H,1-4,16H2. The Balaban J connectivity index is 2.33. The van der Waals surface area contributed by atoms with Crippen LogP contribution < -0.4 is 5.73 Å². The lowest BCUT2D eigenvalue weighted by molar-refractivity contribution is 0.478. The predicted octanol–water partition coefficient (Wildman–Crippen LogP) is 2.45. The fraction of sp³-hybridized carbons (Fsp3) is 0.357. The van der Waals surface area contributed by atoms with Gasteiger partial charge in [0.25, 0.3) is 0 Å². The van der Waals surface area contributed by atoms with Crippen molar-refractivity contribution >= 4 is 16.6 Å². The van der Waals surface area contributed by atoms with E-state index >= 15 is 0 Å². The van der Waals surface area contributed by atoms with Gasteiger partial charge in [0, 0.05) is 11.3 Å². The monoisotopic (exact) mass is 254 g/mol. The topological polar surface area (TPSA) is 95.8 Å². The number of phenolic OH excluding ortho intramolecular Hbond substituents is 1. The first kappa shape index (κ1) is 11.7. The zero-order valence-corrected chi connectivity index (χ0v) is 10.4. The van der Waals surface area contributed by atoms with Crippen molar-refractivity contribution in [3.05, 3.63) is 23.7 Å². The summed E-state index contributed by atoms with van der Waals surface area (Å²) < 4.78 is 0. The lowest BCUT2D eigenvalue weighted by Crippen LogP contribution is -2.04. The molecule has 1 aromatic carbocycles. The Kier molecular flexibility index (Phi) is 2.71. The maximum Gasteiger partial charge on any atom is 0.233 e. The second kappa shape index (κ2) is 4.39. The van der Waals surface area contributed by atoms with E-state index in [0.29, 0.717) is 22.5 Å². The fourth-order valence-electron chi connectivity index (χ4n) is 2.81. The molecule has 1 fully saturated rings. The number of hydrogen-bond acceptors (Lipinski definition) is 5. The van der Waals surface area contributed by atoms with Gasteiger partial charge in [0.15, 0.2) is 0 Å². The summed E-state index contributed by atoms with van der Waals surface area (Å²) in [6.45, 7) is 0. The molecule has 0 saturated heterocycles. The highest BCUT2D eigenvalue weighted by molar-refractivity contribution is 5.95. The zero-order valence-electron chi connectivity index (χ0n) is 10.4. The summed E-state index contributed by atoms with van der Waals surface area (Å²) in [6.07, 6.45) is 4.42. The van der Waals surface area contributed by atoms with E-state index in [1.807, 2.05) is 6.07 Å². The Morgan fingerprint density at radius 3 is 2.68 bits per heavy atom. The van der Waals surface area contributed by atoms with Crippen LogP contribution >= 0.6 is 0 Å². The summed E-state index contributed by atoms with van der Waals surface area (Å²) in [6, 6.07) is 5.18. The van der Waals surface area contributed by atoms with Crippen molar-refractivity contribution in [2.24, 2.45) is 0 Å². The van der Waals surface area contributed by atoms with Crippen LogP contribution in [-0.4, -0.2) is 15.1 Å². The summed E-state index contributed by atoms with van der Waals surface area (Å²) in [4.78, 5) is 8.50. The Labute approximate surface area is 110 Å². The van der Waals surface area contributed by atoms with Gasteiger partial charge in [0.05, 0.1) is 16.9 Å². The molecule has 1 aromatic heterocycles. The lowest BCUT2D eigenvalue weighted by Gasteiger charge is -2.14. The number of nitrogen functional groups attached to an aromatic ring is 1. The molecule has 0 bridgehead atoms. The summed E-state index contributed by atoms with van der Waals surface area (Å²) in [5, 5.41) is 19.5. The van der Waals surface area contributed by atoms with Gasteiger partial charge in [-0.15, -0.1) is 0 Å². The first-order valence-corrected chi connectivity index (χ1v) is 6.40. The molecule has 0 unspecified atom stereocenters. The van der Waals surface area contributed by atoms with Gasteiger partial charge in [-0.25, -0.2) is 9.97 Å². The van der Waals surface area contributed by atoms with Gasteiger partial charge < -0.3 is 10.8 Å². The normalized spacial score (nSPS) is 15.7. The molecule has 2 aromatic rings. The van der Waals surface area contributed by atoms with Crippen molar-refractivity contribution < 1.29 is 5.11 Å². The molecule has 1 aliphatic rings. The number of hydrogen-bond donors (Lipinski definition) is 2. The van der Waals surface area contributed by atoms with E-state index in [9.17, 15) is 5.11 Å². The third kappa shape index (κ3) is 1.85. The molecule has 0 atom stereocenters. The fourth-order valence-corrected chi connectivity index (χ4v) is 2.81. The highest BCUT2D eigenvalue weighted by Gasteiger charge is 2.23. The predicted molar refractivity (Wildman–Crippen MR) is 71.5 cm³/mol. The average Bonchev–Trinajstić information content (AvgIpc) is 2.95. The number of nitriles is 1. The number of phenols is 1. The molecule has 5 nitrogen and oxygen atoms in total. The third-order valence-electron chi connectivity index (χ3n) is 3.75. The second-order valence-corrected chi connectivity index (χ2v) is 4.92. The van der Waals surface area contributed by atoms with E-state index in [1.165, 1.54) is 6.07 Å². The number of fused-ring (bicyclic) bond motifs is 1. The smallest absolute Gasteiger partial charge is 0.233 e. The molecule has 0 amide bonds. The average molecular weight is 254 g/mol. The van der Waals surface area contributed by atoms with Gasteiger partial charge in [-0.1, -0.05) is 12.8 Å². The minimum atomic E-state index is 0.0417. The number of aromatic hydroxyl groups is 1. The number of benzene rings is 1. The summed E-state index contributed by atoms with van der Waals surface area (Å²) in [5.41, 5.74) is 7.72. The lowest BCUT2D eigenvalue weighted by atomic mass is 9.98. The van der Waals surface area contributed by atoms with Crippen LogP contribution in [0.3, 0.4) is 0 Å². The van der Waals surface area contributed by atoms with E-state index < -0.39 is 0 Å². The number of nitrogens with zero attached hydrogens (tertiary/aromatic N) is 3. The van der Waals surface area contributed by atoms with Crippen LogP contribution in [0.4, 0.5) is 5.69 Å². The van der Waals surface area contributed by atoms with Gasteiger partial charge in [0.1, 0.15) is 11.8 Å². The number of aromatic nitrogens is 2. The minimum absolute atomic E-state index is 0.0417. The molecule has 5 heteroatoms. The van der Waals surface area contributed by atoms with Gasteiger partial charge in [-0.3, -0.25) is 0 Å². The molecule has 1 heterocycles. The Hall–Kier alpha value is -2.35. The SMILES string of the molecule is N#Cc1nc(C2CCCC2)c2c(N)c(O)ccc2n1. The molecule has 0 radical (unpaired) electrons. The summed E-state index contributed by atoms with van der Waals surface area (Å²) >= 11 is 0. The molecule has 3 rings (SSSR count). The molecule has 0 spiro atoms. The van der Waals surface area contributed by atoms with Crippen LogP contribution in [0, 0.1) is 11.3 Å². The highest BCUT2D eigenvalue weighted by Crippen LogP contribution is 2.40. The number of anilines is 1. The van der Waals surface area contributed by atoms with Crippen LogP contribution in [0.5, 0.6) is 5.75 Å². The Bertz CT molecular complexity index is 684. The van der Waals surface area contributed by atoms with Crippen molar-refractivity contribution in [3.8, 4) is 11.8 Å². The highest BCUT2D eigenvalue weighted by atomic mass is 16.3. The van der Waals surface area contributed by atoms with Crippen LogP contribution in [0.2, 0.25) is 0 Å². The van der Waals surface area contributed by atoms with Crippen LogP contribution in [0.1, 0.15) is 43.1 Å². The maximum absolute atomic E-state index is 9.77. The number of rotatable bonds is 1.